The minimum atomic E-state index is -4.88. The van der Waals surface area contributed by atoms with Crippen molar-refractivity contribution in [2.24, 2.45) is 5.92 Å². The second-order valence-electron chi connectivity index (χ2n) is 7.05. The minimum absolute atomic E-state index is 0.0304. The Balaban J connectivity index is 1.72. The number of aromatic nitrogens is 2. The zero-order valence-corrected chi connectivity index (χ0v) is 16.3. The highest BCUT2D eigenvalue weighted by Gasteiger charge is 2.31. The third kappa shape index (κ3) is 4.71. The van der Waals surface area contributed by atoms with Gasteiger partial charge in [-0.25, -0.2) is 9.07 Å². The first kappa shape index (κ1) is 21.3. The number of benzene rings is 2. The third-order valence-electron chi connectivity index (χ3n) is 4.75. The van der Waals surface area contributed by atoms with E-state index in [4.69, 9.17) is 0 Å². The van der Waals surface area contributed by atoms with Gasteiger partial charge in [-0.05, 0) is 24.3 Å². The molecule has 1 aliphatic heterocycles. The highest BCUT2D eigenvalue weighted by Crippen LogP contribution is 2.31. The van der Waals surface area contributed by atoms with Gasteiger partial charge in [-0.1, -0.05) is 24.3 Å². The van der Waals surface area contributed by atoms with Crippen LogP contribution in [0.2, 0.25) is 0 Å². The zero-order chi connectivity index (χ0) is 22.9. The molecule has 1 aliphatic rings. The summed E-state index contributed by atoms with van der Waals surface area (Å²) < 4.78 is 57.5. The summed E-state index contributed by atoms with van der Waals surface area (Å²) in [6.07, 6.45) is -4.85. The lowest BCUT2D eigenvalue weighted by Crippen LogP contribution is -2.24. The molecule has 0 aliphatic carbocycles. The number of nitrogens with zero attached hydrogens (tertiary/aromatic N) is 2. The number of ether oxygens (including phenoxy) is 1. The van der Waals surface area contributed by atoms with E-state index in [1.807, 2.05) is 0 Å². The topological polar surface area (TPSA) is 85.2 Å². The van der Waals surface area contributed by atoms with Crippen molar-refractivity contribution >= 4 is 17.6 Å². The molecule has 3 aromatic rings. The van der Waals surface area contributed by atoms with E-state index in [1.165, 1.54) is 41.1 Å². The first-order chi connectivity index (χ1) is 15.2. The van der Waals surface area contributed by atoms with E-state index in [-0.39, 0.29) is 41.6 Å². The molecule has 7 nitrogen and oxygen atoms in total. The maximum absolute atomic E-state index is 14.5. The second-order valence-corrected chi connectivity index (χ2v) is 7.05. The number of nitrogens with one attached hydrogen (secondary N) is 2. The molecule has 0 radical (unpaired) electrons. The van der Waals surface area contributed by atoms with E-state index in [2.05, 4.69) is 20.5 Å². The first-order valence-electron chi connectivity index (χ1n) is 9.48. The molecule has 2 N–H and O–H groups in total. The van der Waals surface area contributed by atoms with Crippen molar-refractivity contribution < 1.29 is 31.9 Å². The van der Waals surface area contributed by atoms with Crippen molar-refractivity contribution in [2.75, 3.05) is 11.9 Å². The number of amides is 2. The van der Waals surface area contributed by atoms with Gasteiger partial charge in [0.2, 0.25) is 11.8 Å². The standard InChI is InChI=1S/C21H16F4N4O3/c22-15-6-1-2-7-16(15)29-17(12-4-3-5-14(8-12)32-21(23,24)25)10-18(28-29)27-20(31)13-9-19(30)26-11-13/h1-8,10,13H,9,11H2,(H,26,30)(H,27,28,31)/t13-/m1/s1. The summed E-state index contributed by atoms with van der Waals surface area (Å²) in [5.41, 5.74) is 0.502. The van der Waals surface area contributed by atoms with Gasteiger partial charge >= 0.3 is 6.36 Å². The molecule has 0 saturated carbocycles. The van der Waals surface area contributed by atoms with Crippen LogP contribution < -0.4 is 15.4 Å². The van der Waals surface area contributed by atoms with Gasteiger partial charge in [-0.3, -0.25) is 9.59 Å². The summed E-state index contributed by atoms with van der Waals surface area (Å²) in [5, 5.41) is 9.37. The smallest absolute Gasteiger partial charge is 0.406 e. The van der Waals surface area contributed by atoms with Crippen LogP contribution in [0.4, 0.5) is 23.4 Å². The maximum atomic E-state index is 14.5. The number of rotatable bonds is 5. The molecule has 1 fully saturated rings. The summed E-state index contributed by atoms with van der Waals surface area (Å²) in [6, 6.07) is 12.2. The summed E-state index contributed by atoms with van der Waals surface area (Å²) >= 11 is 0. The Morgan fingerprint density at radius 2 is 1.94 bits per heavy atom. The molecule has 2 amide bonds. The van der Waals surface area contributed by atoms with Crippen LogP contribution in [0.3, 0.4) is 0 Å². The van der Waals surface area contributed by atoms with Crippen LogP contribution in [0, 0.1) is 11.7 Å². The SMILES string of the molecule is O=C1C[C@@H](C(=O)Nc2cc(-c3cccc(OC(F)(F)F)c3)n(-c3ccccc3F)n2)CN1. The van der Waals surface area contributed by atoms with Crippen molar-refractivity contribution in [2.45, 2.75) is 12.8 Å². The summed E-state index contributed by atoms with van der Waals surface area (Å²) in [7, 11) is 0. The van der Waals surface area contributed by atoms with Crippen molar-refractivity contribution in [1.82, 2.24) is 15.1 Å². The molecule has 0 bridgehead atoms. The van der Waals surface area contributed by atoms with Crippen LogP contribution in [0.1, 0.15) is 6.42 Å². The molecular weight excluding hydrogens is 432 g/mol. The van der Waals surface area contributed by atoms with Gasteiger partial charge in [0.25, 0.3) is 0 Å². The van der Waals surface area contributed by atoms with E-state index in [9.17, 15) is 27.2 Å². The zero-order valence-electron chi connectivity index (χ0n) is 16.3. The number of anilines is 1. The number of halogens is 4. The van der Waals surface area contributed by atoms with E-state index >= 15 is 0 Å². The highest BCUT2D eigenvalue weighted by atomic mass is 19.4. The van der Waals surface area contributed by atoms with Crippen molar-refractivity contribution in [1.29, 1.82) is 0 Å². The van der Waals surface area contributed by atoms with Crippen LogP contribution in [0.25, 0.3) is 16.9 Å². The molecule has 11 heteroatoms. The summed E-state index contributed by atoms with van der Waals surface area (Å²) in [6.45, 7) is 0.183. The fourth-order valence-corrected chi connectivity index (χ4v) is 3.33. The molecule has 166 valence electrons. The quantitative estimate of drug-likeness (QED) is 0.584. The molecule has 2 aromatic carbocycles. The number of carbonyl (C=O) groups excluding carboxylic acids is 2. The normalized spacial score (nSPS) is 16.0. The molecule has 0 unspecified atom stereocenters. The first-order valence-corrected chi connectivity index (χ1v) is 9.48. The largest absolute Gasteiger partial charge is 0.573 e. The maximum Gasteiger partial charge on any atom is 0.573 e. The van der Waals surface area contributed by atoms with E-state index in [0.717, 1.165) is 12.1 Å². The number of alkyl halides is 3. The Morgan fingerprint density at radius 3 is 2.62 bits per heavy atom. The fraction of sp³-hybridized carbons (Fsp3) is 0.190. The number of para-hydroxylation sites is 1. The number of carbonyl (C=O) groups is 2. The van der Waals surface area contributed by atoms with Crippen molar-refractivity contribution in [3.63, 3.8) is 0 Å². The molecule has 1 saturated heterocycles. The Hall–Kier alpha value is -3.89. The Kier molecular flexibility index (Phi) is 5.56. The van der Waals surface area contributed by atoms with Gasteiger partial charge in [0.1, 0.15) is 17.3 Å². The average molecular weight is 448 g/mol. The van der Waals surface area contributed by atoms with Gasteiger partial charge in [-0.2, -0.15) is 0 Å². The van der Waals surface area contributed by atoms with E-state index < -0.39 is 29.8 Å². The molecule has 0 spiro atoms. The van der Waals surface area contributed by atoms with Gasteiger partial charge in [0, 0.05) is 24.6 Å². The number of hydrogen-bond acceptors (Lipinski definition) is 4. The fourth-order valence-electron chi connectivity index (χ4n) is 3.33. The molecule has 1 aromatic heterocycles. The predicted molar refractivity (Wildman–Crippen MR) is 105 cm³/mol. The lowest BCUT2D eigenvalue weighted by molar-refractivity contribution is -0.274. The van der Waals surface area contributed by atoms with Gasteiger partial charge in [0.05, 0.1) is 11.6 Å². The van der Waals surface area contributed by atoms with Gasteiger partial charge in [-0.15, -0.1) is 18.3 Å². The van der Waals surface area contributed by atoms with Crippen molar-refractivity contribution in [3.05, 3.63) is 60.4 Å². The molecule has 4 rings (SSSR count). The Bertz CT molecular complexity index is 1180. The molecule has 2 heterocycles. The van der Waals surface area contributed by atoms with E-state index in [1.54, 1.807) is 6.07 Å². The Labute approximate surface area is 179 Å². The van der Waals surface area contributed by atoms with Gasteiger partial charge in [0.15, 0.2) is 5.82 Å². The predicted octanol–water partition coefficient (Wildman–Crippen LogP) is 3.65. The third-order valence-corrected chi connectivity index (χ3v) is 4.75. The average Bonchev–Trinajstić information content (AvgIpc) is 3.34. The van der Waals surface area contributed by atoms with Crippen molar-refractivity contribution in [3.8, 4) is 22.7 Å². The molecule has 32 heavy (non-hydrogen) atoms. The summed E-state index contributed by atoms with van der Waals surface area (Å²) in [5.74, 6) is -2.32. The Morgan fingerprint density at radius 1 is 1.16 bits per heavy atom. The van der Waals surface area contributed by atoms with E-state index in [0.29, 0.717) is 0 Å². The van der Waals surface area contributed by atoms with Crippen LogP contribution >= 0.6 is 0 Å². The monoisotopic (exact) mass is 448 g/mol. The van der Waals surface area contributed by atoms with Crippen LogP contribution in [-0.2, 0) is 9.59 Å². The lowest BCUT2D eigenvalue weighted by Gasteiger charge is -2.11. The number of hydrogen-bond donors (Lipinski definition) is 2. The molecule has 1 atom stereocenters. The van der Waals surface area contributed by atoms with Crippen LogP contribution in [-0.4, -0.2) is 34.5 Å². The van der Waals surface area contributed by atoms with Gasteiger partial charge < -0.3 is 15.4 Å². The lowest BCUT2D eigenvalue weighted by atomic mass is 10.1. The van der Waals surface area contributed by atoms with Crippen LogP contribution in [0.5, 0.6) is 5.75 Å². The summed E-state index contributed by atoms with van der Waals surface area (Å²) in [4.78, 5) is 23.8. The molecular formula is C21H16F4N4O3. The minimum Gasteiger partial charge on any atom is -0.406 e. The highest BCUT2D eigenvalue weighted by molar-refractivity contribution is 5.97. The van der Waals surface area contributed by atoms with Crippen LogP contribution in [0.15, 0.2) is 54.6 Å². The second kappa shape index (κ2) is 8.33.